The van der Waals surface area contributed by atoms with Gasteiger partial charge in [0.2, 0.25) is 0 Å². The van der Waals surface area contributed by atoms with Crippen LogP contribution in [0.25, 0.3) is 0 Å². The number of aryl methyl sites for hydroxylation is 1. The second kappa shape index (κ2) is 7.68. The van der Waals surface area contributed by atoms with Crippen molar-refractivity contribution in [3.05, 3.63) is 23.8 Å². The number of piperidine rings is 1. The van der Waals surface area contributed by atoms with E-state index in [1.165, 1.54) is 0 Å². The second-order valence-electron chi connectivity index (χ2n) is 6.34. The van der Waals surface area contributed by atoms with E-state index >= 15 is 0 Å². The van der Waals surface area contributed by atoms with Crippen LogP contribution in [-0.2, 0) is 0 Å². The van der Waals surface area contributed by atoms with Crippen molar-refractivity contribution < 1.29 is 14.6 Å². The van der Waals surface area contributed by atoms with Gasteiger partial charge in [-0.1, -0.05) is 6.92 Å². The Hall–Kier alpha value is -1.75. The Morgan fingerprint density at radius 1 is 1.35 bits per heavy atom. The summed E-state index contributed by atoms with van der Waals surface area (Å²) in [5.41, 5.74) is 1.78. The van der Waals surface area contributed by atoms with E-state index in [4.69, 9.17) is 4.74 Å². The smallest absolute Gasteiger partial charge is 0.321 e. The number of carbonyl (C=O) groups is 1. The highest BCUT2D eigenvalue weighted by molar-refractivity contribution is 5.89. The van der Waals surface area contributed by atoms with E-state index in [1.54, 1.807) is 0 Å². The average molecular weight is 320 g/mol. The summed E-state index contributed by atoms with van der Waals surface area (Å²) in [7, 11) is 0. The Kier molecular flexibility index (Phi) is 5.88. The normalized spacial score (nSPS) is 17.0. The van der Waals surface area contributed by atoms with Crippen LogP contribution < -0.4 is 10.1 Å². The largest absolute Gasteiger partial charge is 0.494 e. The van der Waals surface area contributed by atoms with Crippen molar-refractivity contribution in [2.45, 2.75) is 40.0 Å². The fourth-order valence-electron chi connectivity index (χ4n) is 3.05. The summed E-state index contributed by atoms with van der Waals surface area (Å²) in [6.45, 7) is 8.25. The molecule has 5 heteroatoms. The number of ether oxygens (including phenoxy) is 1. The monoisotopic (exact) mass is 320 g/mol. The molecule has 1 saturated heterocycles. The van der Waals surface area contributed by atoms with E-state index in [9.17, 15) is 9.90 Å². The number of nitrogens with zero attached hydrogens (tertiary/aromatic N) is 1. The van der Waals surface area contributed by atoms with E-state index in [2.05, 4.69) is 12.2 Å². The van der Waals surface area contributed by atoms with Crippen molar-refractivity contribution in [2.75, 3.05) is 31.6 Å². The van der Waals surface area contributed by atoms with Gasteiger partial charge < -0.3 is 20.1 Å². The minimum atomic E-state index is -0.0730. The molecule has 0 bridgehead atoms. The lowest BCUT2D eigenvalue weighted by atomic mass is 9.77. The number of benzene rings is 1. The number of urea groups is 1. The molecule has 0 aliphatic carbocycles. The van der Waals surface area contributed by atoms with Crippen LogP contribution in [0.1, 0.15) is 38.7 Å². The zero-order valence-electron chi connectivity index (χ0n) is 14.4. The molecule has 23 heavy (non-hydrogen) atoms. The molecule has 1 aliphatic rings. The average Bonchev–Trinajstić information content (AvgIpc) is 2.57. The topological polar surface area (TPSA) is 61.8 Å². The molecule has 0 saturated carbocycles. The van der Waals surface area contributed by atoms with Crippen LogP contribution >= 0.6 is 0 Å². The number of anilines is 1. The summed E-state index contributed by atoms with van der Waals surface area (Å²) < 4.78 is 5.51. The fourth-order valence-corrected chi connectivity index (χ4v) is 3.05. The molecular formula is C18H28N2O3. The number of aliphatic hydroxyl groups excluding tert-OH is 1. The number of aliphatic hydroxyl groups is 1. The van der Waals surface area contributed by atoms with E-state index < -0.39 is 0 Å². The third kappa shape index (κ3) is 4.16. The Balaban J connectivity index is 1.94. The van der Waals surface area contributed by atoms with Gasteiger partial charge in [0.15, 0.2) is 0 Å². The summed E-state index contributed by atoms with van der Waals surface area (Å²) >= 11 is 0. The van der Waals surface area contributed by atoms with Gasteiger partial charge in [0.25, 0.3) is 0 Å². The van der Waals surface area contributed by atoms with Crippen molar-refractivity contribution in [3.8, 4) is 5.75 Å². The maximum absolute atomic E-state index is 12.4. The SMILES string of the molecule is CCOc1ccc(NC(=O)N2CCC(CC)(CO)CC2)cc1C. The Labute approximate surface area is 138 Å². The first-order valence-corrected chi connectivity index (χ1v) is 8.44. The zero-order chi connectivity index (χ0) is 16.9. The summed E-state index contributed by atoms with van der Waals surface area (Å²) in [6.07, 6.45) is 2.67. The van der Waals surface area contributed by atoms with Gasteiger partial charge in [-0.15, -0.1) is 0 Å². The maximum atomic E-state index is 12.4. The lowest BCUT2D eigenvalue weighted by Gasteiger charge is -2.40. The van der Waals surface area contributed by atoms with Crippen molar-refractivity contribution in [3.63, 3.8) is 0 Å². The Morgan fingerprint density at radius 2 is 2.04 bits per heavy atom. The first-order valence-electron chi connectivity index (χ1n) is 8.44. The van der Waals surface area contributed by atoms with Crippen LogP contribution in [0.15, 0.2) is 18.2 Å². The van der Waals surface area contributed by atoms with Crippen LogP contribution in [-0.4, -0.2) is 42.3 Å². The first kappa shape index (κ1) is 17.6. The first-order chi connectivity index (χ1) is 11.0. The molecule has 2 amide bonds. The van der Waals surface area contributed by atoms with Gasteiger partial charge in [-0.3, -0.25) is 0 Å². The molecule has 5 nitrogen and oxygen atoms in total. The second-order valence-corrected chi connectivity index (χ2v) is 6.34. The number of amides is 2. The van der Waals surface area contributed by atoms with Crippen molar-refractivity contribution in [1.82, 2.24) is 4.90 Å². The molecule has 0 spiro atoms. The molecule has 1 heterocycles. The van der Waals surface area contributed by atoms with Crippen LogP contribution in [0.2, 0.25) is 0 Å². The van der Waals surface area contributed by atoms with Crippen molar-refractivity contribution in [2.24, 2.45) is 5.41 Å². The van der Waals surface area contributed by atoms with Crippen LogP contribution in [0.3, 0.4) is 0 Å². The molecule has 0 radical (unpaired) electrons. The standard InChI is InChI=1S/C18H28N2O3/c1-4-18(13-21)8-10-20(11-9-18)17(22)19-15-6-7-16(23-5-2)14(3)12-15/h6-7,12,21H,4-5,8-11,13H2,1-3H3,(H,19,22). The molecular weight excluding hydrogens is 292 g/mol. The summed E-state index contributed by atoms with van der Waals surface area (Å²) in [6, 6.07) is 5.61. The Bertz CT molecular complexity index is 531. The minimum absolute atomic E-state index is 0.00743. The molecule has 0 unspecified atom stereocenters. The molecule has 1 aromatic carbocycles. The third-order valence-corrected chi connectivity index (χ3v) is 4.92. The predicted octanol–water partition coefficient (Wildman–Crippen LogP) is 3.41. The number of hydrogen-bond acceptors (Lipinski definition) is 3. The summed E-state index contributed by atoms with van der Waals surface area (Å²) in [5.74, 6) is 0.846. The van der Waals surface area contributed by atoms with E-state index in [1.807, 2.05) is 36.9 Å². The minimum Gasteiger partial charge on any atom is -0.494 e. The van der Waals surface area contributed by atoms with Crippen molar-refractivity contribution in [1.29, 1.82) is 0 Å². The fraction of sp³-hybridized carbons (Fsp3) is 0.611. The van der Waals surface area contributed by atoms with Gasteiger partial charge in [-0.2, -0.15) is 0 Å². The highest BCUT2D eigenvalue weighted by Gasteiger charge is 2.33. The molecule has 0 aromatic heterocycles. The van der Waals surface area contributed by atoms with Crippen LogP contribution in [0.5, 0.6) is 5.75 Å². The van der Waals surface area contributed by atoms with Gasteiger partial charge in [0.1, 0.15) is 5.75 Å². The lowest BCUT2D eigenvalue weighted by Crippen LogP contribution is -2.46. The summed E-state index contributed by atoms with van der Waals surface area (Å²) in [4.78, 5) is 14.2. The molecule has 1 aromatic rings. The number of nitrogens with one attached hydrogen (secondary N) is 1. The molecule has 2 N–H and O–H groups in total. The van der Waals surface area contributed by atoms with E-state index in [0.29, 0.717) is 19.7 Å². The predicted molar refractivity (Wildman–Crippen MR) is 92.0 cm³/mol. The summed E-state index contributed by atoms with van der Waals surface area (Å²) in [5, 5.41) is 12.5. The molecule has 1 fully saturated rings. The van der Waals surface area contributed by atoms with Crippen LogP contribution in [0.4, 0.5) is 10.5 Å². The third-order valence-electron chi connectivity index (χ3n) is 4.92. The van der Waals surface area contributed by atoms with E-state index in [0.717, 1.165) is 36.3 Å². The molecule has 128 valence electrons. The highest BCUT2D eigenvalue weighted by atomic mass is 16.5. The van der Waals surface area contributed by atoms with Gasteiger partial charge in [0, 0.05) is 25.4 Å². The Morgan fingerprint density at radius 3 is 2.57 bits per heavy atom. The van der Waals surface area contributed by atoms with Crippen molar-refractivity contribution >= 4 is 11.7 Å². The number of likely N-dealkylation sites (tertiary alicyclic amines) is 1. The lowest BCUT2D eigenvalue weighted by molar-refractivity contribution is 0.0542. The van der Waals surface area contributed by atoms with Gasteiger partial charge in [-0.25, -0.2) is 4.79 Å². The molecule has 0 atom stereocenters. The van der Waals surface area contributed by atoms with Crippen LogP contribution in [0, 0.1) is 12.3 Å². The zero-order valence-corrected chi connectivity index (χ0v) is 14.4. The quantitative estimate of drug-likeness (QED) is 0.874. The number of carbonyl (C=O) groups excluding carboxylic acids is 1. The van der Waals surface area contributed by atoms with Gasteiger partial charge in [-0.05, 0) is 62.3 Å². The van der Waals surface area contributed by atoms with E-state index in [-0.39, 0.29) is 18.1 Å². The molecule has 1 aliphatic heterocycles. The molecule has 2 rings (SSSR count). The highest BCUT2D eigenvalue weighted by Crippen LogP contribution is 2.34. The van der Waals surface area contributed by atoms with Gasteiger partial charge >= 0.3 is 6.03 Å². The number of hydrogen-bond donors (Lipinski definition) is 2. The number of rotatable bonds is 5. The maximum Gasteiger partial charge on any atom is 0.321 e. The van der Waals surface area contributed by atoms with Gasteiger partial charge in [0.05, 0.1) is 6.61 Å².